The molecule has 6 nitrogen and oxygen atoms in total. The van der Waals surface area contributed by atoms with Crippen molar-refractivity contribution in [3.63, 3.8) is 0 Å². The highest BCUT2D eigenvalue weighted by atomic mass is 32.2. The molecule has 0 saturated carbocycles. The highest BCUT2D eigenvalue weighted by Crippen LogP contribution is 2.27. The van der Waals surface area contributed by atoms with Crippen LogP contribution in [0.3, 0.4) is 0 Å². The zero-order chi connectivity index (χ0) is 22.0. The number of benzene rings is 3. The van der Waals surface area contributed by atoms with Crippen LogP contribution in [0.5, 0.6) is 0 Å². The summed E-state index contributed by atoms with van der Waals surface area (Å²) in [7, 11) is 0.297. The van der Waals surface area contributed by atoms with Crippen molar-refractivity contribution in [3.05, 3.63) is 89.5 Å². The molecule has 31 heavy (non-hydrogen) atoms. The van der Waals surface area contributed by atoms with Crippen molar-refractivity contribution in [3.8, 4) is 0 Å². The summed E-state index contributed by atoms with van der Waals surface area (Å²) >= 11 is 0. The Hall–Kier alpha value is -3.16. The summed E-state index contributed by atoms with van der Waals surface area (Å²) in [6.45, 7) is 0.722. The lowest BCUT2D eigenvalue weighted by Gasteiger charge is -2.28. The summed E-state index contributed by atoms with van der Waals surface area (Å²) in [6.07, 6.45) is 0.639. The average molecular weight is 436 g/mol. The molecule has 1 aliphatic rings. The van der Waals surface area contributed by atoms with Crippen LogP contribution in [0.25, 0.3) is 0 Å². The first kappa shape index (κ1) is 21.1. The maximum atomic E-state index is 13.0. The fourth-order valence-corrected chi connectivity index (χ4v) is 5.12. The largest absolute Gasteiger partial charge is 0.378 e. The number of amides is 1. The number of carbonyl (C=O) groups is 1. The fraction of sp³-hybridized carbons (Fsp3) is 0.208. The molecule has 3 aromatic carbocycles. The van der Waals surface area contributed by atoms with Crippen LogP contribution in [0.2, 0.25) is 0 Å². The van der Waals surface area contributed by atoms with Crippen molar-refractivity contribution in [2.75, 3.05) is 30.9 Å². The number of rotatable bonds is 5. The van der Waals surface area contributed by atoms with E-state index in [0.717, 1.165) is 16.8 Å². The third-order valence-electron chi connectivity index (χ3n) is 5.45. The van der Waals surface area contributed by atoms with Crippen molar-refractivity contribution in [1.82, 2.24) is 4.31 Å². The van der Waals surface area contributed by atoms with Gasteiger partial charge in [0, 0.05) is 44.1 Å². The zero-order valence-electron chi connectivity index (χ0n) is 17.6. The van der Waals surface area contributed by atoms with E-state index in [1.165, 1.54) is 4.31 Å². The first-order valence-electron chi connectivity index (χ1n) is 10.1. The zero-order valence-corrected chi connectivity index (χ0v) is 18.4. The Morgan fingerprint density at radius 3 is 2.45 bits per heavy atom. The van der Waals surface area contributed by atoms with Crippen LogP contribution in [-0.4, -0.2) is 39.3 Å². The van der Waals surface area contributed by atoms with Crippen molar-refractivity contribution in [2.24, 2.45) is 0 Å². The van der Waals surface area contributed by atoms with Gasteiger partial charge >= 0.3 is 0 Å². The highest BCUT2D eigenvalue weighted by molar-refractivity contribution is 7.89. The van der Waals surface area contributed by atoms with Crippen molar-refractivity contribution in [2.45, 2.75) is 17.9 Å². The fourth-order valence-electron chi connectivity index (χ4n) is 3.68. The van der Waals surface area contributed by atoms with Gasteiger partial charge in [0.2, 0.25) is 10.0 Å². The molecule has 0 radical (unpaired) electrons. The summed E-state index contributed by atoms with van der Waals surface area (Å²) in [5, 5.41) is 2.93. The number of hydrogen-bond donors (Lipinski definition) is 1. The second-order valence-electron chi connectivity index (χ2n) is 7.78. The Morgan fingerprint density at radius 1 is 0.935 bits per heavy atom. The van der Waals surface area contributed by atoms with E-state index in [-0.39, 0.29) is 12.5 Å². The smallest absolute Gasteiger partial charge is 0.255 e. The van der Waals surface area contributed by atoms with E-state index >= 15 is 0 Å². The highest BCUT2D eigenvalue weighted by Gasteiger charge is 2.28. The van der Waals surface area contributed by atoms with E-state index in [1.54, 1.807) is 36.4 Å². The molecule has 0 spiro atoms. The molecule has 1 N–H and O–H groups in total. The minimum absolute atomic E-state index is 0.201. The van der Waals surface area contributed by atoms with E-state index in [9.17, 15) is 13.2 Å². The minimum Gasteiger partial charge on any atom is -0.378 e. The van der Waals surface area contributed by atoms with Crippen LogP contribution < -0.4 is 10.2 Å². The molecule has 1 heterocycles. The number of hydrogen-bond acceptors (Lipinski definition) is 4. The van der Waals surface area contributed by atoms with Gasteiger partial charge in [-0.2, -0.15) is 4.31 Å². The van der Waals surface area contributed by atoms with E-state index in [0.29, 0.717) is 29.1 Å². The normalized spacial score (nSPS) is 14.0. The first-order chi connectivity index (χ1) is 14.8. The minimum atomic E-state index is -3.56. The van der Waals surface area contributed by atoms with E-state index in [1.807, 2.05) is 55.4 Å². The maximum absolute atomic E-state index is 13.0. The number of nitrogens with zero attached hydrogens (tertiary/aromatic N) is 2. The summed E-state index contributed by atoms with van der Waals surface area (Å²) in [6, 6.07) is 21.6. The topological polar surface area (TPSA) is 69.7 Å². The molecule has 0 saturated heterocycles. The molecular formula is C24H25N3O3S. The Balaban J connectivity index is 1.54. The van der Waals surface area contributed by atoms with Gasteiger partial charge < -0.3 is 10.2 Å². The molecule has 0 aliphatic carbocycles. The Labute approximate surface area is 183 Å². The molecule has 0 atom stereocenters. The Morgan fingerprint density at radius 2 is 1.71 bits per heavy atom. The van der Waals surface area contributed by atoms with E-state index in [2.05, 4.69) is 5.32 Å². The van der Waals surface area contributed by atoms with Gasteiger partial charge in [-0.05, 0) is 60.0 Å². The molecule has 0 unspecified atom stereocenters. The molecule has 4 rings (SSSR count). The van der Waals surface area contributed by atoms with Crippen LogP contribution in [-0.2, 0) is 23.0 Å². The van der Waals surface area contributed by atoms with E-state index in [4.69, 9.17) is 0 Å². The van der Waals surface area contributed by atoms with Gasteiger partial charge in [0.25, 0.3) is 5.91 Å². The predicted molar refractivity (Wildman–Crippen MR) is 123 cm³/mol. The molecule has 3 aromatic rings. The van der Waals surface area contributed by atoms with Gasteiger partial charge in [-0.1, -0.05) is 30.3 Å². The first-order valence-corrected chi connectivity index (χ1v) is 11.5. The van der Waals surface area contributed by atoms with Gasteiger partial charge in [-0.25, -0.2) is 8.42 Å². The summed E-state index contributed by atoms with van der Waals surface area (Å²) in [4.78, 5) is 15.0. The summed E-state index contributed by atoms with van der Waals surface area (Å²) < 4.78 is 27.5. The molecule has 0 aromatic heterocycles. The molecule has 7 heteroatoms. The summed E-state index contributed by atoms with van der Waals surface area (Å²) in [5.74, 6) is -0.201. The quantitative estimate of drug-likeness (QED) is 0.663. The Kier molecular flexibility index (Phi) is 5.80. The molecule has 0 fully saturated rings. The lowest BCUT2D eigenvalue weighted by atomic mass is 10.0. The number of sulfonamides is 1. The number of fused-ring (bicyclic) bond motifs is 1. The average Bonchev–Trinajstić information content (AvgIpc) is 2.79. The lowest BCUT2D eigenvalue weighted by Crippen LogP contribution is -2.36. The van der Waals surface area contributed by atoms with Crippen LogP contribution in [0.4, 0.5) is 11.4 Å². The van der Waals surface area contributed by atoms with E-state index < -0.39 is 10.0 Å². The SMILES string of the molecule is CN(C)c1cccc(C(=O)Nc2ccc3c(c2)CN(S(=O)(=O)c2ccccc2)CC3)c1. The molecular weight excluding hydrogens is 410 g/mol. The van der Waals surface area contributed by atoms with Gasteiger partial charge in [0.05, 0.1) is 4.90 Å². The third kappa shape index (κ3) is 4.47. The second kappa shape index (κ2) is 8.53. The van der Waals surface area contributed by atoms with Crippen LogP contribution in [0, 0.1) is 0 Å². The van der Waals surface area contributed by atoms with Crippen LogP contribution in [0.15, 0.2) is 77.7 Å². The molecule has 0 bridgehead atoms. The monoisotopic (exact) mass is 435 g/mol. The van der Waals surface area contributed by atoms with Crippen molar-refractivity contribution in [1.29, 1.82) is 0 Å². The lowest BCUT2D eigenvalue weighted by molar-refractivity contribution is 0.102. The van der Waals surface area contributed by atoms with Gasteiger partial charge in [-0.15, -0.1) is 0 Å². The van der Waals surface area contributed by atoms with Gasteiger partial charge in [0.15, 0.2) is 0 Å². The van der Waals surface area contributed by atoms with Crippen LogP contribution in [0.1, 0.15) is 21.5 Å². The molecule has 160 valence electrons. The maximum Gasteiger partial charge on any atom is 0.255 e. The predicted octanol–water partition coefficient (Wildman–Crippen LogP) is 3.75. The molecule has 1 amide bonds. The van der Waals surface area contributed by atoms with Crippen LogP contribution >= 0.6 is 0 Å². The van der Waals surface area contributed by atoms with Crippen molar-refractivity contribution >= 4 is 27.3 Å². The number of anilines is 2. The van der Waals surface area contributed by atoms with Crippen molar-refractivity contribution < 1.29 is 13.2 Å². The number of carbonyl (C=O) groups excluding carboxylic acids is 1. The Bertz CT molecular complexity index is 1210. The summed E-state index contributed by atoms with van der Waals surface area (Å²) in [5.41, 5.74) is 4.17. The third-order valence-corrected chi connectivity index (χ3v) is 7.31. The second-order valence-corrected chi connectivity index (χ2v) is 9.72. The van der Waals surface area contributed by atoms with Gasteiger partial charge in [-0.3, -0.25) is 4.79 Å². The van der Waals surface area contributed by atoms with Gasteiger partial charge in [0.1, 0.15) is 0 Å². The standard InChI is InChI=1S/C24H25N3O3S/c1-26(2)22-8-6-7-19(16-22)24(28)25-21-12-11-18-13-14-27(17-20(18)15-21)31(29,30)23-9-4-3-5-10-23/h3-12,15-16H,13-14,17H2,1-2H3,(H,25,28). The number of nitrogens with one attached hydrogen (secondary N) is 1. The molecule has 1 aliphatic heterocycles.